The first-order valence-corrected chi connectivity index (χ1v) is 17.9. The van der Waals surface area contributed by atoms with Gasteiger partial charge in [-0.2, -0.15) is 5.10 Å². The van der Waals surface area contributed by atoms with E-state index < -0.39 is 28.7 Å². The maximum absolute atomic E-state index is 13.6. The highest BCUT2D eigenvalue weighted by molar-refractivity contribution is 7.80. The van der Waals surface area contributed by atoms with Crippen LogP contribution in [0.15, 0.2) is 84.5 Å². The molecule has 2 bridgehead atoms. The summed E-state index contributed by atoms with van der Waals surface area (Å²) in [5.41, 5.74) is 4.80. The highest BCUT2D eigenvalue weighted by atomic mass is 32.1. The Labute approximate surface area is 308 Å². The van der Waals surface area contributed by atoms with Crippen LogP contribution in [0.2, 0.25) is 0 Å². The van der Waals surface area contributed by atoms with Crippen molar-refractivity contribution in [2.75, 3.05) is 18.4 Å². The summed E-state index contributed by atoms with van der Waals surface area (Å²) in [5, 5.41) is 52.0. The number of hydrazone groups is 1. The zero-order chi connectivity index (χ0) is 36.4. The molecule has 1 saturated carbocycles. The van der Waals surface area contributed by atoms with Gasteiger partial charge >= 0.3 is 5.97 Å². The summed E-state index contributed by atoms with van der Waals surface area (Å²) in [4.78, 5) is 15.9. The molecule has 13 heteroatoms. The molecule has 6 aliphatic rings. The fourth-order valence-corrected chi connectivity index (χ4v) is 10.2. The summed E-state index contributed by atoms with van der Waals surface area (Å²) in [6, 6.07) is 17.9. The van der Waals surface area contributed by atoms with E-state index in [1.54, 1.807) is 36.4 Å². The molecule has 4 atom stereocenters. The van der Waals surface area contributed by atoms with Gasteiger partial charge in [-0.25, -0.2) is 4.79 Å². The third kappa shape index (κ3) is 4.15. The number of carbonyl (C=O) groups is 1. The lowest BCUT2D eigenvalue weighted by atomic mass is 9.49. The van der Waals surface area contributed by atoms with Crippen LogP contribution in [0, 0.1) is 0 Å². The van der Waals surface area contributed by atoms with E-state index in [1.165, 1.54) is 24.3 Å². The number of piperidine rings is 1. The van der Waals surface area contributed by atoms with Gasteiger partial charge in [0.1, 0.15) is 23.0 Å². The van der Waals surface area contributed by atoms with Crippen LogP contribution in [-0.2, 0) is 22.2 Å². The van der Waals surface area contributed by atoms with Gasteiger partial charge in [-0.15, -0.1) is 6.58 Å². The van der Waals surface area contributed by atoms with Crippen LogP contribution in [0.1, 0.15) is 57.4 Å². The molecule has 4 aliphatic heterocycles. The largest absolute Gasteiger partial charge is 0.508 e. The standard InChI is InChI=1S/C40H34N4O8S/c1-2-14-44-15-13-38-33-20-3-10-29(47)34(33)51-35(38)28(11-12-39(38,49)32(44)16-20)42-43-37(53)41-21-4-7-25-24(17-21)36(48)52-40(25)26-8-5-22(45)18-30(26)50-31-19-23(46)6-9-27(31)40/h2-10,17-19,32,35,45-47,49H,1,11-16H2,(H2,41,43,53)/b42-28+/t32-,35+,38+,39-/m1/s1. The molecule has 0 aromatic heterocycles. The molecule has 1 saturated heterocycles. The molecule has 268 valence electrons. The topological polar surface area (TPSA) is 165 Å². The number of phenols is 3. The monoisotopic (exact) mass is 730 g/mol. The number of nitrogens with one attached hydrogen (secondary N) is 2. The Bertz CT molecular complexity index is 2310. The summed E-state index contributed by atoms with van der Waals surface area (Å²) >= 11 is 5.67. The lowest BCUT2D eigenvalue weighted by Crippen LogP contribution is -2.76. The number of nitrogens with zero attached hydrogens (tertiary/aromatic N) is 2. The van der Waals surface area contributed by atoms with Crippen LogP contribution >= 0.6 is 12.2 Å². The number of aromatic hydroxyl groups is 3. The minimum Gasteiger partial charge on any atom is -0.508 e. The van der Waals surface area contributed by atoms with E-state index in [1.807, 2.05) is 12.1 Å². The van der Waals surface area contributed by atoms with Crippen LogP contribution < -0.4 is 20.2 Å². The van der Waals surface area contributed by atoms with Crippen molar-refractivity contribution in [2.45, 2.75) is 54.4 Å². The molecule has 0 unspecified atom stereocenters. The van der Waals surface area contributed by atoms with Crippen LogP contribution in [0.4, 0.5) is 5.69 Å². The predicted octanol–water partition coefficient (Wildman–Crippen LogP) is 5.05. The van der Waals surface area contributed by atoms with E-state index >= 15 is 0 Å². The van der Waals surface area contributed by atoms with Crippen molar-refractivity contribution in [1.82, 2.24) is 10.3 Å². The average Bonchev–Trinajstić information content (AvgIpc) is 3.63. The Hall–Kier alpha value is -5.63. The van der Waals surface area contributed by atoms with Crippen molar-refractivity contribution in [1.29, 1.82) is 0 Å². The first kappa shape index (κ1) is 32.1. The number of anilines is 1. The smallest absolute Gasteiger partial charge is 0.340 e. The fourth-order valence-electron chi connectivity index (χ4n) is 9.99. The molecule has 4 heterocycles. The summed E-state index contributed by atoms with van der Waals surface area (Å²) in [6.45, 7) is 5.35. The summed E-state index contributed by atoms with van der Waals surface area (Å²) in [5.74, 6) is 0.440. The first-order valence-electron chi connectivity index (χ1n) is 17.5. The highest BCUT2D eigenvalue weighted by Crippen LogP contribution is 2.65. The molecular formula is C40H34N4O8S. The zero-order valence-corrected chi connectivity index (χ0v) is 29.1. The number of aliphatic hydroxyl groups is 1. The van der Waals surface area contributed by atoms with E-state index in [-0.39, 0.29) is 28.4 Å². The van der Waals surface area contributed by atoms with Gasteiger partial charge in [0.05, 0.1) is 22.3 Å². The Morgan fingerprint density at radius 3 is 2.47 bits per heavy atom. The first-order chi connectivity index (χ1) is 25.6. The van der Waals surface area contributed by atoms with E-state index in [0.717, 1.165) is 17.7 Å². The maximum atomic E-state index is 13.6. The van der Waals surface area contributed by atoms with Gasteiger partial charge in [0, 0.05) is 59.2 Å². The summed E-state index contributed by atoms with van der Waals surface area (Å²) < 4.78 is 18.8. The normalized spacial score (nSPS) is 27.0. The van der Waals surface area contributed by atoms with Crippen LogP contribution in [0.3, 0.4) is 0 Å². The molecule has 6 N–H and O–H groups in total. The zero-order valence-electron chi connectivity index (χ0n) is 28.3. The van der Waals surface area contributed by atoms with E-state index in [4.69, 9.17) is 31.5 Å². The Morgan fingerprint density at radius 1 is 1.00 bits per heavy atom. The lowest BCUT2D eigenvalue weighted by Gasteiger charge is -2.63. The number of phenolic OH excluding ortho intramolecular Hbond substituents is 3. The number of ether oxygens (including phenoxy) is 3. The van der Waals surface area contributed by atoms with Gasteiger partial charge in [0.2, 0.25) is 0 Å². The average molecular weight is 731 g/mol. The molecular weight excluding hydrogens is 697 g/mol. The quantitative estimate of drug-likeness (QED) is 0.0718. The number of rotatable bonds is 4. The maximum Gasteiger partial charge on any atom is 0.340 e. The number of thiocarbonyl (C=S) groups is 1. The fraction of sp³-hybridized carbons (Fsp3) is 0.275. The number of carbonyl (C=O) groups excluding carboxylic acids is 1. The third-order valence-corrected chi connectivity index (χ3v) is 12.3. The van der Waals surface area contributed by atoms with Crippen LogP contribution in [-0.4, -0.2) is 73.0 Å². The minimum absolute atomic E-state index is 0.0245. The molecule has 4 aromatic carbocycles. The molecule has 0 radical (unpaired) electrons. The van der Waals surface area contributed by atoms with E-state index in [2.05, 4.69) is 22.2 Å². The Kier molecular flexibility index (Phi) is 6.62. The van der Waals surface area contributed by atoms with Gasteiger partial charge in [0.15, 0.2) is 28.3 Å². The minimum atomic E-state index is -1.38. The van der Waals surface area contributed by atoms with Gasteiger partial charge < -0.3 is 40.0 Å². The second-order valence-electron chi connectivity index (χ2n) is 14.6. The van der Waals surface area contributed by atoms with Crippen LogP contribution in [0.5, 0.6) is 34.5 Å². The molecule has 12 nitrogen and oxygen atoms in total. The number of likely N-dealkylation sites (tertiary alicyclic amines) is 1. The molecule has 2 aliphatic carbocycles. The molecule has 2 spiro atoms. The van der Waals surface area contributed by atoms with Gasteiger partial charge in [-0.1, -0.05) is 18.2 Å². The molecule has 53 heavy (non-hydrogen) atoms. The second-order valence-corrected chi connectivity index (χ2v) is 15.0. The van der Waals surface area contributed by atoms with Crippen LogP contribution in [0.25, 0.3) is 0 Å². The van der Waals surface area contributed by atoms with Crippen molar-refractivity contribution >= 4 is 34.7 Å². The number of hydrogen-bond donors (Lipinski definition) is 6. The Balaban J connectivity index is 0.948. The van der Waals surface area contributed by atoms with Gasteiger partial charge in [0.25, 0.3) is 0 Å². The number of esters is 1. The van der Waals surface area contributed by atoms with Crippen molar-refractivity contribution in [3.05, 3.63) is 113 Å². The predicted molar refractivity (Wildman–Crippen MR) is 197 cm³/mol. The van der Waals surface area contributed by atoms with Crippen molar-refractivity contribution < 1.29 is 39.4 Å². The third-order valence-electron chi connectivity index (χ3n) is 12.1. The second kappa shape index (κ2) is 10.9. The molecule has 2 fully saturated rings. The summed E-state index contributed by atoms with van der Waals surface area (Å²) in [7, 11) is 0. The van der Waals surface area contributed by atoms with Crippen molar-refractivity contribution in [3.8, 4) is 34.5 Å². The highest BCUT2D eigenvalue weighted by Gasteiger charge is 2.72. The lowest BCUT2D eigenvalue weighted by molar-refractivity contribution is -0.163. The SMILES string of the molecule is C=CCN1CC[C@]23c4c5ccc(O)c4O[C@H]2/C(=N/NC(=S)Nc2ccc4c(c2)C(=O)OC42c4ccc(O)cc4Oc4cc(O)ccc42)CC[C@@]3(O)[C@H]1C5. The Morgan fingerprint density at radius 2 is 1.74 bits per heavy atom. The van der Waals surface area contributed by atoms with Crippen molar-refractivity contribution in [2.24, 2.45) is 5.10 Å². The number of benzene rings is 4. The molecule has 10 rings (SSSR count). The number of fused-ring (bicyclic) bond motifs is 6. The van der Waals surface area contributed by atoms with Crippen molar-refractivity contribution in [3.63, 3.8) is 0 Å². The van der Waals surface area contributed by atoms with Gasteiger partial charge in [-0.3, -0.25) is 10.3 Å². The number of hydrogen-bond acceptors (Lipinski definition) is 11. The van der Waals surface area contributed by atoms with E-state index in [9.17, 15) is 25.2 Å². The molecule has 0 amide bonds. The van der Waals surface area contributed by atoms with E-state index in [0.29, 0.717) is 83.1 Å². The summed E-state index contributed by atoms with van der Waals surface area (Å²) in [6.07, 6.45) is 3.46. The molecule has 4 aromatic rings. The van der Waals surface area contributed by atoms with Gasteiger partial charge in [-0.05, 0) is 85.9 Å².